The molecule has 1 N–H and O–H groups in total. The van der Waals surface area contributed by atoms with Crippen LogP contribution in [0.15, 0.2) is 48.5 Å². The van der Waals surface area contributed by atoms with Crippen molar-refractivity contribution < 1.29 is 18.0 Å². The fourth-order valence-corrected chi connectivity index (χ4v) is 4.36. The first kappa shape index (κ1) is 27.0. The van der Waals surface area contributed by atoms with Gasteiger partial charge < -0.3 is 10.2 Å². The first-order chi connectivity index (χ1) is 15.4. The third kappa shape index (κ3) is 7.62. The maximum absolute atomic E-state index is 13.4. The fraction of sp³-hybridized carbons (Fsp3) is 0.391. The van der Waals surface area contributed by atoms with E-state index in [0.717, 1.165) is 22.5 Å². The number of carbonyl (C=O) groups is 2. The number of benzene rings is 2. The summed E-state index contributed by atoms with van der Waals surface area (Å²) in [6.45, 7) is 5.03. The molecule has 180 valence electrons. The summed E-state index contributed by atoms with van der Waals surface area (Å²) in [5, 5.41) is 3.62. The van der Waals surface area contributed by atoms with Gasteiger partial charge in [-0.25, -0.2) is 8.42 Å². The Bertz CT molecular complexity index is 1080. The summed E-state index contributed by atoms with van der Waals surface area (Å²) in [6.07, 6.45) is 1.74. The minimum absolute atomic E-state index is 0.0666. The first-order valence-corrected chi connectivity index (χ1v) is 13.1. The van der Waals surface area contributed by atoms with Crippen LogP contribution in [0.5, 0.6) is 0 Å². The number of sulfonamides is 1. The summed E-state index contributed by atoms with van der Waals surface area (Å²) in [5.74, 6) is -0.864. The van der Waals surface area contributed by atoms with Crippen LogP contribution in [0.4, 0.5) is 5.69 Å². The SMILES string of the molecule is CC[C@H](C)NC(=O)[C@@H](C)N(Cc1ccc(Cl)cc1)C(=O)CN(c1ccccc1Cl)S(C)(=O)=O. The number of nitrogens with one attached hydrogen (secondary N) is 1. The number of hydrogen-bond donors (Lipinski definition) is 1. The minimum Gasteiger partial charge on any atom is -0.352 e. The molecule has 2 aromatic carbocycles. The normalized spacial score (nSPS) is 13.2. The summed E-state index contributed by atoms with van der Waals surface area (Å²) in [6, 6.07) is 12.4. The highest BCUT2D eigenvalue weighted by Gasteiger charge is 2.31. The van der Waals surface area contributed by atoms with E-state index in [-0.39, 0.29) is 29.2 Å². The van der Waals surface area contributed by atoms with Crippen molar-refractivity contribution in [3.63, 3.8) is 0 Å². The molecule has 0 spiro atoms. The maximum Gasteiger partial charge on any atom is 0.244 e. The molecule has 2 atom stereocenters. The van der Waals surface area contributed by atoms with E-state index in [4.69, 9.17) is 23.2 Å². The highest BCUT2D eigenvalue weighted by Crippen LogP contribution is 2.27. The predicted molar refractivity (Wildman–Crippen MR) is 133 cm³/mol. The summed E-state index contributed by atoms with van der Waals surface area (Å²) in [5.41, 5.74) is 0.942. The van der Waals surface area contributed by atoms with Crippen LogP contribution in [0, 0.1) is 0 Å². The third-order valence-corrected chi connectivity index (χ3v) is 6.93. The molecule has 33 heavy (non-hydrogen) atoms. The van der Waals surface area contributed by atoms with Crippen LogP contribution in [0.1, 0.15) is 32.8 Å². The molecular formula is C23H29Cl2N3O4S. The second kappa shape index (κ2) is 11.7. The van der Waals surface area contributed by atoms with Gasteiger partial charge in [-0.3, -0.25) is 13.9 Å². The molecule has 10 heteroatoms. The van der Waals surface area contributed by atoms with Crippen LogP contribution in [0.25, 0.3) is 0 Å². The molecule has 0 saturated carbocycles. The Morgan fingerprint density at radius 2 is 1.64 bits per heavy atom. The van der Waals surface area contributed by atoms with Crippen LogP contribution in [0.3, 0.4) is 0 Å². The van der Waals surface area contributed by atoms with Gasteiger partial charge in [0.05, 0.1) is 17.0 Å². The average Bonchev–Trinajstić information content (AvgIpc) is 2.76. The number of rotatable bonds is 10. The molecule has 2 aromatic rings. The van der Waals surface area contributed by atoms with Gasteiger partial charge in [0.15, 0.2) is 0 Å². The molecule has 7 nitrogen and oxygen atoms in total. The van der Waals surface area contributed by atoms with Crippen LogP contribution < -0.4 is 9.62 Å². The molecule has 0 saturated heterocycles. The zero-order valence-electron chi connectivity index (χ0n) is 19.1. The van der Waals surface area contributed by atoms with Gasteiger partial charge in [0.2, 0.25) is 21.8 Å². The Morgan fingerprint density at radius 3 is 2.18 bits per heavy atom. The van der Waals surface area contributed by atoms with E-state index in [1.807, 2.05) is 13.8 Å². The van der Waals surface area contributed by atoms with Crippen molar-refractivity contribution in [2.45, 2.75) is 45.8 Å². The lowest BCUT2D eigenvalue weighted by atomic mass is 10.1. The Labute approximate surface area is 205 Å². The van der Waals surface area contributed by atoms with Crippen molar-refractivity contribution in [2.24, 2.45) is 0 Å². The van der Waals surface area contributed by atoms with Crippen molar-refractivity contribution in [2.75, 3.05) is 17.1 Å². The number of para-hydroxylation sites is 1. The van der Waals surface area contributed by atoms with Crippen LogP contribution >= 0.6 is 23.2 Å². The standard InChI is InChI=1S/C23H29Cl2N3O4S/c1-5-16(2)26-23(30)17(3)27(14-18-10-12-19(24)13-11-18)22(29)15-28(33(4,31)32)21-9-7-6-8-20(21)25/h6-13,16-17H,5,14-15H2,1-4H3,(H,26,30)/t16-,17+/m0/s1. The second-order valence-corrected chi connectivity index (χ2v) is 10.6. The number of halogens is 2. The number of amides is 2. The van der Waals surface area contributed by atoms with Crippen LogP contribution in [0.2, 0.25) is 10.0 Å². The number of carbonyl (C=O) groups excluding carboxylic acids is 2. The van der Waals surface area contributed by atoms with Gasteiger partial charge in [-0.2, -0.15) is 0 Å². The molecule has 0 aliphatic heterocycles. The lowest BCUT2D eigenvalue weighted by Crippen LogP contribution is -2.52. The van der Waals surface area contributed by atoms with Crippen LogP contribution in [-0.4, -0.2) is 50.0 Å². The fourth-order valence-electron chi connectivity index (χ4n) is 3.08. The van der Waals surface area contributed by atoms with E-state index < -0.39 is 28.5 Å². The molecule has 0 aliphatic rings. The topological polar surface area (TPSA) is 86.8 Å². The summed E-state index contributed by atoms with van der Waals surface area (Å²) in [7, 11) is -3.83. The molecule has 0 bridgehead atoms. The zero-order valence-corrected chi connectivity index (χ0v) is 21.4. The van der Waals surface area contributed by atoms with Gasteiger partial charge in [-0.05, 0) is 50.1 Å². The van der Waals surface area contributed by atoms with Gasteiger partial charge in [0, 0.05) is 17.6 Å². The lowest BCUT2D eigenvalue weighted by molar-refractivity contribution is -0.139. The van der Waals surface area contributed by atoms with E-state index in [0.29, 0.717) is 5.02 Å². The molecule has 2 amide bonds. The number of nitrogens with zero attached hydrogens (tertiary/aromatic N) is 2. The van der Waals surface area contributed by atoms with Crippen molar-refractivity contribution in [1.29, 1.82) is 0 Å². The Morgan fingerprint density at radius 1 is 1.03 bits per heavy atom. The van der Waals surface area contributed by atoms with Gasteiger partial charge in [0.25, 0.3) is 0 Å². The molecule has 2 rings (SSSR count). The van der Waals surface area contributed by atoms with Gasteiger partial charge in [-0.15, -0.1) is 0 Å². The van der Waals surface area contributed by atoms with Crippen molar-refractivity contribution in [3.8, 4) is 0 Å². The zero-order chi connectivity index (χ0) is 24.8. The van der Waals surface area contributed by atoms with E-state index in [2.05, 4.69) is 5.32 Å². The monoisotopic (exact) mass is 513 g/mol. The maximum atomic E-state index is 13.4. The quantitative estimate of drug-likeness (QED) is 0.518. The summed E-state index contributed by atoms with van der Waals surface area (Å²) >= 11 is 12.2. The Kier molecular flexibility index (Phi) is 9.57. The van der Waals surface area contributed by atoms with Gasteiger partial charge in [0.1, 0.15) is 12.6 Å². The molecule has 0 unspecified atom stereocenters. The second-order valence-electron chi connectivity index (χ2n) is 7.86. The Balaban J connectivity index is 2.39. The molecule has 0 radical (unpaired) electrons. The highest BCUT2D eigenvalue weighted by molar-refractivity contribution is 7.92. The molecule has 0 aromatic heterocycles. The molecule has 0 heterocycles. The Hall–Kier alpha value is -2.29. The van der Waals surface area contributed by atoms with Gasteiger partial charge >= 0.3 is 0 Å². The van der Waals surface area contributed by atoms with Crippen molar-refractivity contribution in [3.05, 3.63) is 64.1 Å². The van der Waals surface area contributed by atoms with Gasteiger partial charge in [-0.1, -0.05) is 54.4 Å². The van der Waals surface area contributed by atoms with E-state index in [9.17, 15) is 18.0 Å². The summed E-state index contributed by atoms with van der Waals surface area (Å²) < 4.78 is 26.0. The third-order valence-electron chi connectivity index (χ3n) is 5.23. The van der Waals surface area contributed by atoms with E-state index in [1.165, 1.54) is 11.0 Å². The van der Waals surface area contributed by atoms with Crippen molar-refractivity contribution >= 4 is 50.7 Å². The minimum atomic E-state index is -3.83. The number of anilines is 1. The molecule has 0 fully saturated rings. The molecule has 0 aliphatic carbocycles. The van der Waals surface area contributed by atoms with Crippen molar-refractivity contribution in [1.82, 2.24) is 10.2 Å². The average molecular weight is 514 g/mol. The predicted octanol–water partition coefficient (Wildman–Crippen LogP) is 4.09. The first-order valence-electron chi connectivity index (χ1n) is 10.5. The van der Waals surface area contributed by atoms with Crippen LogP contribution in [-0.2, 0) is 26.2 Å². The largest absolute Gasteiger partial charge is 0.352 e. The number of hydrogen-bond acceptors (Lipinski definition) is 4. The smallest absolute Gasteiger partial charge is 0.244 e. The highest BCUT2D eigenvalue weighted by atomic mass is 35.5. The van der Waals surface area contributed by atoms with E-state index in [1.54, 1.807) is 49.4 Å². The van der Waals surface area contributed by atoms with E-state index >= 15 is 0 Å². The lowest BCUT2D eigenvalue weighted by Gasteiger charge is -2.32. The summed E-state index contributed by atoms with van der Waals surface area (Å²) in [4.78, 5) is 27.6. The molecular weight excluding hydrogens is 485 g/mol.